The number of nitrogens with zero attached hydrogens (tertiary/aromatic N) is 3. The van der Waals surface area contributed by atoms with E-state index in [-0.39, 0.29) is 0 Å². The highest BCUT2D eigenvalue weighted by Crippen LogP contribution is 2.27. The number of fused-ring (bicyclic) bond motifs is 1. The number of nitrogens with two attached hydrogens (primary N) is 1. The molecule has 0 amide bonds. The molecule has 2 aromatic rings. The molecule has 5 heteroatoms. The largest absolute Gasteiger partial charge is 0.356 e. The molecule has 0 saturated heterocycles. The van der Waals surface area contributed by atoms with Crippen LogP contribution in [-0.2, 0) is 19.6 Å². The molecule has 3 heterocycles. The van der Waals surface area contributed by atoms with Crippen LogP contribution in [0.2, 0.25) is 0 Å². The van der Waals surface area contributed by atoms with Crippen LogP contribution in [0.25, 0.3) is 0 Å². The average Bonchev–Trinajstić information content (AvgIpc) is 2.97. The number of aromatic nitrogens is 2. The van der Waals surface area contributed by atoms with E-state index >= 15 is 0 Å². The van der Waals surface area contributed by atoms with Crippen LogP contribution < -0.4 is 10.6 Å². The standard InChI is InChI=1S/C12H16N4S/c1-9-14-10(7-13)11-8-15(4-5-16(9)11)12-3-2-6-17-12/h2-3,6H,4-5,7-8,13H2,1H3. The normalized spacial score (nSPS) is 15.1. The molecule has 0 aromatic carbocycles. The fourth-order valence-corrected chi connectivity index (χ4v) is 3.19. The molecule has 1 aliphatic rings. The maximum absolute atomic E-state index is 5.76. The zero-order valence-electron chi connectivity index (χ0n) is 9.89. The first-order chi connectivity index (χ1) is 8.29. The smallest absolute Gasteiger partial charge is 0.106 e. The molecule has 0 fully saturated rings. The average molecular weight is 248 g/mol. The van der Waals surface area contributed by atoms with Gasteiger partial charge in [-0.1, -0.05) is 0 Å². The van der Waals surface area contributed by atoms with Crippen LogP contribution in [0.1, 0.15) is 17.2 Å². The van der Waals surface area contributed by atoms with E-state index in [1.165, 1.54) is 10.7 Å². The van der Waals surface area contributed by atoms with Gasteiger partial charge in [-0.05, 0) is 24.4 Å². The summed E-state index contributed by atoms with van der Waals surface area (Å²) in [6, 6.07) is 4.27. The van der Waals surface area contributed by atoms with Gasteiger partial charge in [-0.15, -0.1) is 11.3 Å². The predicted molar refractivity (Wildman–Crippen MR) is 70.2 cm³/mol. The number of rotatable bonds is 2. The molecule has 4 nitrogen and oxygen atoms in total. The molecular formula is C12H16N4S. The minimum atomic E-state index is 0.529. The summed E-state index contributed by atoms with van der Waals surface area (Å²) in [4.78, 5) is 6.94. The first-order valence-corrected chi connectivity index (χ1v) is 6.71. The summed E-state index contributed by atoms with van der Waals surface area (Å²) >= 11 is 1.79. The molecule has 2 N–H and O–H groups in total. The molecule has 3 rings (SSSR count). The molecule has 0 saturated carbocycles. The summed E-state index contributed by atoms with van der Waals surface area (Å²) in [7, 11) is 0. The van der Waals surface area contributed by atoms with Crippen LogP contribution in [-0.4, -0.2) is 16.1 Å². The monoisotopic (exact) mass is 248 g/mol. The van der Waals surface area contributed by atoms with Crippen LogP contribution in [0, 0.1) is 6.92 Å². The lowest BCUT2D eigenvalue weighted by molar-refractivity contribution is 0.559. The highest BCUT2D eigenvalue weighted by atomic mass is 32.1. The Bertz CT molecular complexity index is 515. The van der Waals surface area contributed by atoms with Gasteiger partial charge in [0.2, 0.25) is 0 Å². The Morgan fingerprint density at radius 1 is 1.47 bits per heavy atom. The van der Waals surface area contributed by atoms with Gasteiger partial charge in [-0.25, -0.2) is 4.98 Å². The number of hydrogen-bond acceptors (Lipinski definition) is 4. The van der Waals surface area contributed by atoms with Crippen molar-refractivity contribution in [2.24, 2.45) is 5.73 Å². The number of aryl methyl sites for hydroxylation is 1. The summed E-state index contributed by atoms with van der Waals surface area (Å²) in [5.74, 6) is 1.09. The molecule has 0 spiro atoms. The Balaban J connectivity index is 1.94. The van der Waals surface area contributed by atoms with Crippen molar-refractivity contribution in [2.75, 3.05) is 11.4 Å². The Hall–Kier alpha value is -1.33. The van der Waals surface area contributed by atoms with Crippen LogP contribution in [0.4, 0.5) is 5.00 Å². The van der Waals surface area contributed by atoms with Gasteiger partial charge in [0.1, 0.15) is 5.82 Å². The van der Waals surface area contributed by atoms with Crippen molar-refractivity contribution in [3.8, 4) is 0 Å². The first kappa shape index (κ1) is 10.8. The maximum atomic E-state index is 5.76. The first-order valence-electron chi connectivity index (χ1n) is 5.83. The van der Waals surface area contributed by atoms with Crippen molar-refractivity contribution >= 4 is 16.3 Å². The van der Waals surface area contributed by atoms with E-state index in [0.717, 1.165) is 31.2 Å². The quantitative estimate of drug-likeness (QED) is 0.880. The highest BCUT2D eigenvalue weighted by molar-refractivity contribution is 7.14. The van der Waals surface area contributed by atoms with Crippen molar-refractivity contribution in [3.63, 3.8) is 0 Å². The van der Waals surface area contributed by atoms with Gasteiger partial charge < -0.3 is 15.2 Å². The Kier molecular flexibility index (Phi) is 2.64. The SMILES string of the molecule is Cc1nc(CN)c2n1CCN(c1cccs1)C2. The molecule has 1 aliphatic heterocycles. The third-order valence-corrected chi connectivity index (χ3v) is 4.22. The van der Waals surface area contributed by atoms with E-state index in [2.05, 4.69) is 38.9 Å². The van der Waals surface area contributed by atoms with Gasteiger partial charge in [0, 0.05) is 19.6 Å². The molecule has 0 atom stereocenters. The van der Waals surface area contributed by atoms with Crippen molar-refractivity contribution in [2.45, 2.75) is 26.6 Å². The Morgan fingerprint density at radius 3 is 3.06 bits per heavy atom. The highest BCUT2D eigenvalue weighted by Gasteiger charge is 2.22. The van der Waals surface area contributed by atoms with Crippen molar-refractivity contribution in [1.82, 2.24) is 9.55 Å². The summed E-state index contributed by atoms with van der Waals surface area (Å²) < 4.78 is 2.30. The van der Waals surface area contributed by atoms with Crippen LogP contribution >= 0.6 is 11.3 Å². The van der Waals surface area contributed by atoms with Crippen LogP contribution in [0.5, 0.6) is 0 Å². The minimum absolute atomic E-state index is 0.529. The Labute approximate surface area is 105 Å². The van der Waals surface area contributed by atoms with Crippen molar-refractivity contribution < 1.29 is 0 Å². The molecule has 0 aliphatic carbocycles. The zero-order valence-corrected chi connectivity index (χ0v) is 10.7. The molecule has 0 radical (unpaired) electrons. The summed E-state index contributed by atoms with van der Waals surface area (Å²) in [5.41, 5.74) is 8.09. The molecule has 2 aromatic heterocycles. The summed E-state index contributed by atoms with van der Waals surface area (Å²) in [6.07, 6.45) is 0. The van der Waals surface area contributed by atoms with Gasteiger partial charge in [0.25, 0.3) is 0 Å². The molecule has 0 unspecified atom stereocenters. The van der Waals surface area contributed by atoms with Gasteiger partial charge in [0.05, 0.1) is 22.9 Å². The van der Waals surface area contributed by atoms with Crippen LogP contribution in [0.3, 0.4) is 0 Å². The van der Waals surface area contributed by atoms with Gasteiger partial charge in [-0.2, -0.15) is 0 Å². The van der Waals surface area contributed by atoms with E-state index in [1.807, 2.05) is 0 Å². The number of thiophene rings is 1. The third kappa shape index (κ3) is 1.75. The number of hydrogen-bond donors (Lipinski definition) is 1. The third-order valence-electron chi connectivity index (χ3n) is 3.29. The maximum Gasteiger partial charge on any atom is 0.106 e. The van der Waals surface area contributed by atoms with E-state index in [0.29, 0.717) is 6.54 Å². The lowest BCUT2D eigenvalue weighted by atomic mass is 10.2. The fourth-order valence-electron chi connectivity index (χ4n) is 2.43. The second kappa shape index (κ2) is 4.16. The molecule has 90 valence electrons. The van der Waals surface area contributed by atoms with Crippen molar-refractivity contribution in [3.05, 3.63) is 34.7 Å². The fraction of sp³-hybridized carbons (Fsp3) is 0.417. The van der Waals surface area contributed by atoms with E-state index in [9.17, 15) is 0 Å². The summed E-state index contributed by atoms with van der Waals surface area (Å²) in [6.45, 7) is 5.57. The minimum Gasteiger partial charge on any atom is -0.356 e. The lowest BCUT2D eigenvalue weighted by Crippen LogP contribution is -2.33. The molecule has 17 heavy (non-hydrogen) atoms. The predicted octanol–water partition coefficient (Wildman–Crippen LogP) is 1.73. The zero-order chi connectivity index (χ0) is 11.8. The van der Waals surface area contributed by atoms with E-state index in [4.69, 9.17) is 5.73 Å². The second-order valence-corrected chi connectivity index (χ2v) is 5.21. The van der Waals surface area contributed by atoms with Crippen LogP contribution in [0.15, 0.2) is 17.5 Å². The van der Waals surface area contributed by atoms with Crippen molar-refractivity contribution in [1.29, 1.82) is 0 Å². The number of anilines is 1. The van der Waals surface area contributed by atoms with Gasteiger partial charge in [-0.3, -0.25) is 0 Å². The molecular weight excluding hydrogens is 232 g/mol. The van der Waals surface area contributed by atoms with Gasteiger partial charge >= 0.3 is 0 Å². The van der Waals surface area contributed by atoms with E-state index < -0.39 is 0 Å². The lowest BCUT2D eigenvalue weighted by Gasteiger charge is -2.29. The topological polar surface area (TPSA) is 47.1 Å². The Morgan fingerprint density at radius 2 is 2.35 bits per heavy atom. The van der Waals surface area contributed by atoms with E-state index in [1.54, 1.807) is 11.3 Å². The molecule has 0 bridgehead atoms. The summed E-state index contributed by atoms with van der Waals surface area (Å²) in [5, 5.41) is 3.45. The number of imidazole rings is 1. The second-order valence-electron chi connectivity index (χ2n) is 4.28. The van der Waals surface area contributed by atoms with Gasteiger partial charge in [0.15, 0.2) is 0 Å².